The molecule has 33 heteroatoms. The van der Waals surface area contributed by atoms with Gasteiger partial charge in [0.25, 0.3) is 20.2 Å². The first kappa shape index (κ1) is 55.7. The van der Waals surface area contributed by atoms with E-state index in [0.717, 1.165) is 35.5 Å². The Bertz CT molecular complexity index is 3980. The first-order valence-electron chi connectivity index (χ1n) is 21.7. The van der Waals surface area contributed by atoms with E-state index in [0.29, 0.717) is 21.3 Å². The Kier molecular flexibility index (Phi) is 17.2. The van der Waals surface area contributed by atoms with Crippen molar-refractivity contribution in [1.29, 1.82) is 5.26 Å². The van der Waals surface area contributed by atoms with Gasteiger partial charge in [0.05, 0.1) is 62.3 Å². The lowest BCUT2D eigenvalue weighted by molar-refractivity contribution is -0.432. The highest BCUT2D eigenvalue weighted by molar-refractivity contribution is 7.94. The van der Waals surface area contributed by atoms with Crippen molar-refractivity contribution in [3.05, 3.63) is 89.5 Å². The summed E-state index contributed by atoms with van der Waals surface area (Å²) < 4.78 is 86.3. The number of hydrogen-bond acceptors (Lipinski definition) is 27. The van der Waals surface area contributed by atoms with Crippen molar-refractivity contribution < 1.29 is 80.1 Å². The van der Waals surface area contributed by atoms with Crippen molar-refractivity contribution in [1.82, 2.24) is 14.4 Å². The second-order valence-electron chi connectivity index (χ2n) is 15.9. The smallest absolute Gasteiger partial charge is 0.335 e. The number of para-hydroxylation sites is 2. The van der Waals surface area contributed by atoms with Crippen LogP contribution in [-0.2, 0) is 39.0 Å². The number of nitriles is 1. The Labute approximate surface area is 445 Å². The van der Waals surface area contributed by atoms with Crippen LogP contribution in [0.15, 0.2) is 113 Å². The fourth-order valence-electron chi connectivity index (χ4n) is 7.76. The number of benzene rings is 5. The van der Waals surface area contributed by atoms with Gasteiger partial charge >= 0.3 is 5.97 Å². The van der Waals surface area contributed by atoms with Crippen molar-refractivity contribution in [3.8, 4) is 23.4 Å². The van der Waals surface area contributed by atoms with E-state index in [2.05, 4.69) is 55.1 Å². The topological polar surface area (TPSA) is 404 Å². The molecule has 7 N–H and O–H groups in total. The van der Waals surface area contributed by atoms with Crippen LogP contribution >= 0.6 is 35.4 Å². The van der Waals surface area contributed by atoms with Crippen LogP contribution in [0, 0.1) is 18.3 Å². The lowest BCUT2D eigenvalue weighted by atomic mass is 10.1. The van der Waals surface area contributed by atoms with Crippen molar-refractivity contribution in [3.63, 3.8) is 0 Å². The van der Waals surface area contributed by atoms with E-state index < -0.39 is 59.9 Å². The van der Waals surface area contributed by atoms with Crippen LogP contribution in [0.25, 0.3) is 37.7 Å². The summed E-state index contributed by atoms with van der Waals surface area (Å²) in [4.78, 5) is 21.1. The lowest BCUT2D eigenvalue weighted by Crippen LogP contribution is -2.27. The Hall–Kier alpha value is -7.56. The van der Waals surface area contributed by atoms with Gasteiger partial charge in [0.2, 0.25) is 11.0 Å². The van der Waals surface area contributed by atoms with Crippen LogP contribution in [0.3, 0.4) is 0 Å². The molecule has 0 spiro atoms. The predicted molar refractivity (Wildman–Crippen MR) is 277 cm³/mol. The molecule has 8 rings (SSSR count). The highest BCUT2D eigenvalue weighted by Gasteiger charge is 2.25. The number of carboxylic acid groups (broad SMARTS) is 1. The minimum atomic E-state index is -5.13. The van der Waals surface area contributed by atoms with Crippen molar-refractivity contribution in [2.24, 2.45) is 30.7 Å². The molecule has 0 aliphatic heterocycles. The number of aromatic hydroxyl groups is 2. The molecule has 0 unspecified atom stereocenters. The quantitative estimate of drug-likeness (QED) is 0.00781. The van der Waals surface area contributed by atoms with E-state index >= 15 is 0 Å². The average Bonchev–Trinajstić information content (AvgIpc) is 4.05. The molecule has 0 aliphatic carbocycles. The third-order valence-electron chi connectivity index (χ3n) is 11.2. The molecule has 77 heavy (non-hydrogen) atoms. The largest absolute Gasteiger partial charge is 0.505 e. The Morgan fingerprint density at radius 2 is 1.57 bits per heavy atom. The van der Waals surface area contributed by atoms with Crippen LogP contribution in [-0.4, -0.2) is 104 Å². The van der Waals surface area contributed by atoms with Crippen LogP contribution in [0.5, 0.6) is 17.4 Å². The third kappa shape index (κ3) is 12.5. The normalized spacial score (nSPS) is 12.4. The molecular weight excluding hydrogens is 1110 g/mol. The zero-order valence-corrected chi connectivity index (χ0v) is 43.4. The summed E-state index contributed by atoms with van der Waals surface area (Å²) in [7, 11) is -8.27. The number of imidazole rings is 1. The summed E-state index contributed by atoms with van der Waals surface area (Å²) in [6.07, 6.45) is 0.155. The number of anilines is 1. The van der Waals surface area contributed by atoms with Gasteiger partial charge in [0.15, 0.2) is 17.1 Å². The zero-order valence-electron chi connectivity index (χ0n) is 39.3. The average molecular weight is 1150 g/mol. The molecular formula is C44H37N11O17S5. The number of nitrogens with zero attached hydrogens (tertiary/aromatic N) is 11. The van der Waals surface area contributed by atoms with E-state index in [1.807, 2.05) is 6.07 Å². The molecule has 3 heterocycles. The fraction of sp³-hybridized carbons (Fsp3) is 0.182. The monoisotopic (exact) mass is 1150 g/mol. The fourth-order valence-corrected chi connectivity index (χ4v) is 10.6. The van der Waals surface area contributed by atoms with E-state index in [9.17, 15) is 51.3 Å². The highest BCUT2D eigenvalue weighted by Crippen LogP contribution is 2.49. The third-order valence-corrected chi connectivity index (χ3v) is 15.0. The van der Waals surface area contributed by atoms with Crippen LogP contribution in [0.1, 0.15) is 34.3 Å². The molecule has 0 fully saturated rings. The number of aromatic nitrogens is 3. The number of phenols is 1. The molecule has 0 amide bonds. The first-order chi connectivity index (χ1) is 36.8. The molecule has 0 saturated carbocycles. The zero-order chi connectivity index (χ0) is 55.2. The lowest BCUT2D eigenvalue weighted by Gasteiger charge is -2.26. The maximum Gasteiger partial charge on any atom is 0.335 e. The number of ether oxygens (including phenoxy) is 1. The van der Waals surface area contributed by atoms with Gasteiger partial charge in [-0.2, -0.15) is 22.1 Å². The number of phenolic OH excluding ortho intramolecular Hbond substituents is 1. The second kappa shape index (κ2) is 23.8. The Balaban J connectivity index is 1.27. The number of rotatable bonds is 23. The van der Waals surface area contributed by atoms with Crippen LogP contribution in [0.2, 0.25) is 0 Å². The minimum Gasteiger partial charge on any atom is -0.505 e. The summed E-state index contributed by atoms with van der Waals surface area (Å²) in [5.74, 6) is -2.78. The van der Waals surface area contributed by atoms with E-state index in [1.165, 1.54) is 54.8 Å². The van der Waals surface area contributed by atoms with Gasteiger partial charge in [-0.25, -0.2) is 25.3 Å². The van der Waals surface area contributed by atoms with Gasteiger partial charge in [-0.3, -0.25) is 13.5 Å². The molecule has 0 bridgehead atoms. The molecule has 400 valence electrons. The summed E-state index contributed by atoms with van der Waals surface area (Å²) in [5, 5.41) is 94.0. The van der Waals surface area contributed by atoms with Gasteiger partial charge in [-0.1, -0.05) is 33.5 Å². The summed E-state index contributed by atoms with van der Waals surface area (Å²) in [5.41, 5.74) is 0.543. The predicted octanol–water partition coefficient (Wildman–Crippen LogP) is 11.0. The van der Waals surface area contributed by atoms with Crippen molar-refractivity contribution in [2.45, 2.75) is 29.6 Å². The maximum absolute atomic E-state index is 12.9. The van der Waals surface area contributed by atoms with E-state index in [-0.39, 0.29) is 115 Å². The molecule has 3 aromatic heterocycles. The number of pyridine rings is 1. The molecule has 28 nitrogen and oxygen atoms in total. The van der Waals surface area contributed by atoms with Crippen LogP contribution < -0.4 is 9.64 Å². The number of aromatic carboxylic acids is 1. The number of methoxy groups -OCH3 is 1. The van der Waals surface area contributed by atoms with Gasteiger partial charge in [-0.05, 0) is 79.7 Å². The molecule has 0 saturated heterocycles. The van der Waals surface area contributed by atoms with Crippen LogP contribution in [0.4, 0.5) is 39.3 Å². The summed E-state index contributed by atoms with van der Waals surface area (Å²) in [6, 6.07) is 19.1. The molecule has 0 atom stereocenters. The van der Waals surface area contributed by atoms with Crippen molar-refractivity contribution >= 4 is 139 Å². The number of fused-ring (bicyclic) bond motifs is 5. The number of carbonyl (C=O) groups is 1. The number of thiazole rings is 1. The van der Waals surface area contributed by atoms with Gasteiger partial charge in [-0.15, -0.1) is 39.4 Å². The van der Waals surface area contributed by atoms with E-state index in [4.69, 9.17) is 19.6 Å². The molecule has 5 aromatic carbocycles. The Morgan fingerprint density at radius 3 is 2.29 bits per heavy atom. The number of carboxylic acids is 1. The van der Waals surface area contributed by atoms with Gasteiger partial charge in [0.1, 0.15) is 45.0 Å². The maximum atomic E-state index is 12.9. The number of azo groups is 3. The Morgan fingerprint density at radius 1 is 0.844 bits per heavy atom. The van der Waals surface area contributed by atoms with Gasteiger partial charge in [0, 0.05) is 47.9 Å². The SMILES string of the molecule is COc1cc(N=Nc2c(SOOO)cc3cc(S(=O)(=O)O)c(N=Nc4c(C)c(C#N)c5nc6ccccc6n5c4O)cc3c2O)c(N(CCCSOOO)CCCS(=O)(=O)O)cc1N=Nc1nc2ccc(C(=O)O)cc2s1. The van der Waals surface area contributed by atoms with Gasteiger partial charge < -0.3 is 25.0 Å². The van der Waals surface area contributed by atoms with E-state index in [1.54, 1.807) is 29.2 Å². The standard InChI is InChI=1S/C44H37N11O17S5/c1-22-26(21-45)41-46-27-7-3-4-8-32(27)55(41)42(57)38(22)51-50-31-18-25-24(17-37(31)77(65,66)67)16-36(75-72-70-61)39(40(25)56)52-48-29-20-34(68-2)30(49-53-44-47-28-10-9-23(43(58)59)15-35(28)74-44)19-33(29)54(11-5-13-73-71-69-60)12-6-14-76(62,63)64/h3-4,7-10,15-20,56-57,60-61H,5-6,11-14H2,1-2H3,(H,58,59)(H,62,63,64)(H,65,66,67). The molecule has 8 aromatic rings. The molecule has 0 aliphatic rings. The highest BCUT2D eigenvalue weighted by atomic mass is 32.2. The summed E-state index contributed by atoms with van der Waals surface area (Å²) >= 11 is 2.08. The number of hydrogen-bond donors (Lipinski definition) is 7. The first-order valence-corrected chi connectivity index (χ1v) is 27.3. The summed E-state index contributed by atoms with van der Waals surface area (Å²) in [6.45, 7) is 1.51. The van der Waals surface area contributed by atoms with Crippen molar-refractivity contribution in [2.75, 3.05) is 36.6 Å². The minimum absolute atomic E-state index is 0.0134. The second-order valence-corrected chi connectivity index (χ2v) is 21.4. The molecule has 0 radical (unpaired) electrons.